The number of nitro benzene ring substituents is 1. The van der Waals surface area contributed by atoms with E-state index in [1.165, 1.54) is 34.0 Å². The van der Waals surface area contributed by atoms with Crippen LogP contribution in [0.1, 0.15) is 52.2 Å². The quantitative estimate of drug-likeness (QED) is 0.270. The summed E-state index contributed by atoms with van der Waals surface area (Å²) >= 11 is 7.54. The first-order chi connectivity index (χ1) is 17.3. The fourth-order valence-electron chi connectivity index (χ4n) is 4.41. The van der Waals surface area contributed by atoms with E-state index in [0.717, 1.165) is 23.6 Å². The van der Waals surface area contributed by atoms with Gasteiger partial charge in [-0.1, -0.05) is 37.1 Å². The average molecular weight is 530 g/mol. The lowest BCUT2D eigenvalue weighted by Crippen LogP contribution is -2.47. The highest BCUT2D eigenvalue weighted by Crippen LogP contribution is 2.38. The second-order valence-electron chi connectivity index (χ2n) is 8.59. The lowest BCUT2D eigenvalue weighted by Gasteiger charge is -2.37. The highest BCUT2D eigenvalue weighted by molar-refractivity contribution is 7.10. The van der Waals surface area contributed by atoms with Gasteiger partial charge in [-0.3, -0.25) is 19.7 Å². The Balaban J connectivity index is 1.62. The summed E-state index contributed by atoms with van der Waals surface area (Å²) < 4.78 is 13.6. The molecule has 2 amide bonds. The van der Waals surface area contributed by atoms with Gasteiger partial charge in [0.1, 0.15) is 17.4 Å². The summed E-state index contributed by atoms with van der Waals surface area (Å²) in [6.45, 7) is 2.60. The summed E-state index contributed by atoms with van der Waals surface area (Å²) in [6, 6.07) is 11.6. The second kappa shape index (κ2) is 11.2. The number of fused-ring (bicyclic) bond motifs is 1. The maximum Gasteiger partial charge on any atom is 0.288 e. The Hall–Kier alpha value is -3.30. The normalized spacial score (nSPS) is 14.9. The third kappa shape index (κ3) is 5.42. The molecule has 1 aromatic heterocycles. The summed E-state index contributed by atoms with van der Waals surface area (Å²) in [4.78, 5) is 42.0. The number of rotatable bonds is 8. The van der Waals surface area contributed by atoms with E-state index in [4.69, 9.17) is 11.6 Å². The molecule has 10 heteroatoms. The molecular weight excluding hydrogens is 505 g/mol. The van der Waals surface area contributed by atoms with Gasteiger partial charge in [0, 0.05) is 29.6 Å². The van der Waals surface area contributed by atoms with Crippen LogP contribution in [0.3, 0.4) is 0 Å². The number of benzene rings is 2. The molecule has 0 saturated carbocycles. The predicted molar refractivity (Wildman–Crippen MR) is 137 cm³/mol. The third-order valence-electron chi connectivity index (χ3n) is 6.26. The molecule has 0 N–H and O–H groups in total. The molecule has 0 aliphatic carbocycles. The van der Waals surface area contributed by atoms with Crippen LogP contribution in [-0.4, -0.2) is 46.2 Å². The number of thiophene rings is 1. The summed E-state index contributed by atoms with van der Waals surface area (Å²) in [7, 11) is 0. The molecule has 1 unspecified atom stereocenters. The van der Waals surface area contributed by atoms with E-state index in [2.05, 4.69) is 0 Å². The van der Waals surface area contributed by atoms with Gasteiger partial charge in [-0.25, -0.2) is 4.39 Å². The first-order valence-electron chi connectivity index (χ1n) is 11.6. The van der Waals surface area contributed by atoms with Gasteiger partial charge >= 0.3 is 0 Å². The zero-order valence-electron chi connectivity index (χ0n) is 19.7. The van der Waals surface area contributed by atoms with E-state index in [1.54, 1.807) is 28.4 Å². The number of carbonyl (C=O) groups excluding carboxylic acids is 2. The Morgan fingerprint density at radius 3 is 2.67 bits per heavy atom. The monoisotopic (exact) mass is 529 g/mol. The number of hydrogen-bond donors (Lipinski definition) is 0. The van der Waals surface area contributed by atoms with Crippen LogP contribution in [0.2, 0.25) is 5.02 Å². The fourth-order valence-corrected chi connectivity index (χ4v) is 5.50. The Bertz CT molecular complexity index is 1280. The Morgan fingerprint density at radius 1 is 1.22 bits per heavy atom. The molecule has 2 heterocycles. The SMILES string of the molecule is CCCCN(CC(=O)N1CCc2sccc2C1c1ccc(F)cc1)C(=O)c1ccc(Cl)c([N+](=O)[O-])c1. The molecule has 188 valence electrons. The molecule has 0 bridgehead atoms. The minimum Gasteiger partial charge on any atom is -0.330 e. The van der Waals surface area contributed by atoms with E-state index in [9.17, 15) is 24.1 Å². The Morgan fingerprint density at radius 2 is 1.97 bits per heavy atom. The number of unbranched alkanes of at least 4 members (excludes halogenated alkanes) is 1. The molecule has 0 radical (unpaired) electrons. The highest BCUT2D eigenvalue weighted by atomic mass is 35.5. The van der Waals surface area contributed by atoms with Crippen molar-refractivity contribution < 1.29 is 18.9 Å². The van der Waals surface area contributed by atoms with Crippen LogP contribution in [0.4, 0.5) is 10.1 Å². The first kappa shape index (κ1) is 25.8. The molecule has 2 aromatic carbocycles. The van der Waals surface area contributed by atoms with Crippen molar-refractivity contribution in [3.8, 4) is 0 Å². The summed E-state index contributed by atoms with van der Waals surface area (Å²) in [6.07, 6.45) is 2.17. The van der Waals surface area contributed by atoms with E-state index in [0.29, 0.717) is 25.9 Å². The minimum absolute atomic E-state index is 0.0604. The number of carbonyl (C=O) groups is 2. The number of hydrogen-bond acceptors (Lipinski definition) is 5. The molecule has 36 heavy (non-hydrogen) atoms. The van der Waals surface area contributed by atoms with Crippen LogP contribution in [0.15, 0.2) is 53.9 Å². The molecule has 1 aliphatic heterocycles. The van der Waals surface area contributed by atoms with Crippen molar-refractivity contribution in [1.29, 1.82) is 0 Å². The standard InChI is InChI=1S/C26H25ClFN3O4S/c1-2-3-12-29(26(33)18-6-9-21(27)22(15-18)31(34)35)16-24(32)30-13-10-23-20(11-14-36-23)25(30)17-4-7-19(28)8-5-17/h4-9,11,14-15,25H,2-3,10,12-13,16H2,1H3. The van der Waals surface area contributed by atoms with Crippen LogP contribution in [0.25, 0.3) is 0 Å². The number of amides is 2. The van der Waals surface area contributed by atoms with Gasteiger partial charge in [-0.2, -0.15) is 0 Å². The van der Waals surface area contributed by atoms with E-state index in [-0.39, 0.29) is 40.6 Å². The van der Waals surface area contributed by atoms with Crippen molar-refractivity contribution in [2.24, 2.45) is 0 Å². The first-order valence-corrected chi connectivity index (χ1v) is 12.9. The van der Waals surface area contributed by atoms with Crippen molar-refractivity contribution in [3.05, 3.63) is 96.4 Å². The fraction of sp³-hybridized carbons (Fsp3) is 0.308. The maximum atomic E-state index is 13.7. The topological polar surface area (TPSA) is 83.8 Å². The molecule has 0 fully saturated rings. The van der Waals surface area contributed by atoms with Gasteiger partial charge < -0.3 is 9.80 Å². The van der Waals surface area contributed by atoms with Crippen molar-refractivity contribution in [2.75, 3.05) is 19.6 Å². The molecule has 0 spiro atoms. The van der Waals surface area contributed by atoms with Gasteiger partial charge in [-0.05, 0) is 59.7 Å². The largest absolute Gasteiger partial charge is 0.330 e. The molecule has 7 nitrogen and oxygen atoms in total. The molecule has 0 saturated heterocycles. The van der Waals surface area contributed by atoms with Crippen LogP contribution in [0, 0.1) is 15.9 Å². The second-order valence-corrected chi connectivity index (χ2v) is 10.0. The molecule has 4 rings (SSSR count). The summed E-state index contributed by atoms with van der Waals surface area (Å²) in [5, 5.41) is 13.2. The van der Waals surface area contributed by atoms with Crippen molar-refractivity contribution >= 4 is 40.4 Å². The zero-order chi connectivity index (χ0) is 25.8. The molecule has 1 aliphatic rings. The Labute approximate surface area is 217 Å². The number of halogens is 2. The summed E-state index contributed by atoms with van der Waals surface area (Å²) in [5.41, 5.74) is 1.54. The van der Waals surface area contributed by atoms with Crippen molar-refractivity contribution in [2.45, 2.75) is 32.2 Å². The number of nitrogens with zero attached hydrogens (tertiary/aromatic N) is 3. The Kier molecular flexibility index (Phi) is 8.01. The molecule has 1 atom stereocenters. The third-order valence-corrected chi connectivity index (χ3v) is 7.57. The predicted octanol–water partition coefficient (Wildman–Crippen LogP) is 5.87. The van der Waals surface area contributed by atoms with Crippen molar-refractivity contribution in [3.63, 3.8) is 0 Å². The lowest BCUT2D eigenvalue weighted by molar-refractivity contribution is -0.384. The number of nitro groups is 1. The van der Waals surface area contributed by atoms with Crippen LogP contribution < -0.4 is 0 Å². The molecule has 3 aromatic rings. The van der Waals surface area contributed by atoms with Crippen LogP contribution >= 0.6 is 22.9 Å². The van der Waals surface area contributed by atoms with Crippen LogP contribution in [0.5, 0.6) is 0 Å². The lowest BCUT2D eigenvalue weighted by atomic mass is 9.93. The summed E-state index contributed by atoms with van der Waals surface area (Å²) in [5.74, 6) is -1.07. The van der Waals surface area contributed by atoms with E-state index in [1.807, 2.05) is 18.4 Å². The minimum atomic E-state index is -0.639. The van der Waals surface area contributed by atoms with E-state index < -0.39 is 10.8 Å². The average Bonchev–Trinajstić information content (AvgIpc) is 3.35. The van der Waals surface area contributed by atoms with Gasteiger partial charge in [0.25, 0.3) is 11.6 Å². The van der Waals surface area contributed by atoms with Crippen molar-refractivity contribution in [1.82, 2.24) is 9.80 Å². The zero-order valence-corrected chi connectivity index (χ0v) is 21.2. The van der Waals surface area contributed by atoms with Gasteiger partial charge in [0.2, 0.25) is 5.91 Å². The van der Waals surface area contributed by atoms with Crippen LogP contribution in [-0.2, 0) is 11.2 Å². The van der Waals surface area contributed by atoms with Gasteiger partial charge in [0.05, 0.1) is 11.0 Å². The highest BCUT2D eigenvalue weighted by Gasteiger charge is 2.34. The maximum absolute atomic E-state index is 13.7. The van der Waals surface area contributed by atoms with E-state index >= 15 is 0 Å². The van der Waals surface area contributed by atoms with Gasteiger partial charge in [-0.15, -0.1) is 11.3 Å². The molecular formula is C26H25ClFN3O4S. The smallest absolute Gasteiger partial charge is 0.288 e. The van der Waals surface area contributed by atoms with Gasteiger partial charge in [0.15, 0.2) is 0 Å².